The normalized spacial score (nSPS) is 18.7. The molecule has 0 radical (unpaired) electrons. The maximum absolute atomic E-state index is 11.8. The monoisotopic (exact) mass is 378 g/mol. The summed E-state index contributed by atoms with van der Waals surface area (Å²) in [5.41, 5.74) is 6.25. The van der Waals surface area contributed by atoms with E-state index in [-0.39, 0.29) is 12.2 Å². The van der Waals surface area contributed by atoms with Crippen LogP contribution in [0.15, 0.2) is 37.0 Å². The minimum Gasteiger partial charge on any atom is -0.480 e. The minimum absolute atomic E-state index is 0.0466. The average Bonchev–Trinajstić information content (AvgIpc) is 2.64. The molecule has 0 aromatic carbocycles. The zero-order valence-electron chi connectivity index (χ0n) is 16.4. The number of likely N-dealkylation sites (tertiary alicyclic amines) is 1. The summed E-state index contributed by atoms with van der Waals surface area (Å²) in [4.78, 5) is 14.2. The van der Waals surface area contributed by atoms with Gasteiger partial charge in [0.1, 0.15) is 5.54 Å². The molecule has 1 unspecified atom stereocenters. The number of carbonyl (C=O) groups is 1. The largest absolute Gasteiger partial charge is 0.480 e. The molecule has 27 heavy (non-hydrogen) atoms. The van der Waals surface area contributed by atoms with Crippen molar-refractivity contribution in [1.29, 1.82) is 0 Å². The molecule has 1 aliphatic heterocycles. The van der Waals surface area contributed by atoms with Crippen LogP contribution in [0.5, 0.6) is 0 Å². The Morgan fingerprint density at radius 1 is 1.22 bits per heavy atom. The molecule has 5 N–H and O–H groups in total. The van der Waals surface area contributed by atoms with Crippen LogP contribution in [0.25, 0.3) is 0 Å². The van der Waals surface area contributed by atoms with E-state index in [4.69, 9.17) is 15.8 Å². The molecule has 0 bridgehead atoms. The molecule has 0 aromatic rings. The predicted octanol–water partition coefficient (Wildman–Crippen LogP) is 2.20. The zero-order chi connectivity index (χ0) is 20.3. The highest BCUT2D eigenvalue weighted by molar-refractivity contribution is 6.40. The molecule has 0 saturated carbocycles. The SMILES string of the molecule is C=C/C=C(\C=C)CCCN1CCC(C(N)(CCCCB(O)O)C(=O)O)CC1. The molecular formula is C20H35BN2O4. The summed E-state index contributed by atoms with van der Waals surface area (Å²) < 4.78 is 0. The van der Waals surface area contributed by atoms with E-state index < -0.39 is 18.6 Å². The Kier molecular flexibility index (Phi) is 10.6. The first-order valence-corrected chi connectivity index (χ1v) is 9.88. The Morgan fingerprint density at radius 3 is 2.41 bits per heavy atom. The summed E-state index contributed by atoms with van der Waals surface area (Å²) in [7, 11) is -1.34. The quantitative estimate of drug-likeness (QED) is 0.222. The third kappa shape index (κ3) is 8.01. The third-order valence-electron chi connectivity index (χ3n) is 5.55. The van der Waals surface area contributed by atoms with E-state index in [2.05, 4.69) is 18.1 Å². The van der Waals surface area contributed by atoms with E-state index in [0.717, 1.165) is 45.3 Å². The molecule has 1 rings (SSSR count). The van der Waals surface area contributed by atoms with Crippen molar-refractivity contribution >= 4 is 13.1 Å². The van der Waals surface area contributed by atoms with E-state index in [1.165, 1.54) is 5.57 Å². The van der Waals surface area contributed by atoms with Gasteiger partial charge in [0.25, 0.3) is 0 Å². The molecule has 0 aliphatic carbocycles. The highest BCUT2D eigenvalue weighted by Gasteiger charge is 2.42. The van der Waals surface area contributed by atoms with E-state index >= 15 is 0 Å². The maximum atomic E-state index is 11.8. The number of carboxylic acid groups (broad SMARTS) is 1. The molecule has 7 heteroatoms. The van der Waals surface area contributed by atoms with Gasteiger partial charge < -0.3 is 25.8 Å². The topological polar surface area (TPSA) is 107 Å². The number of nitrogens with two attached hydrogens (primary N) is 1. The van der Waals surface area contributed by atoms with Gasteiger partial charge in [-0.05, 0) is 69.5 Å². The molecule has 6 nitrogen and oxygen atoms in total. The van der Waals surface area contributed by atoms with E-state index in [9.17, 15) is 9.90 Å². The number of piperidine rings is 1. The van der Waals surface area contributed by atoms with Crippen molar-refractivity contribution in [1.82, 2.24) is 4.90 Å². The number of hydrogen-bond donors (Lipinski definition) is 4. The number of nitrogens with zero attached hydrogens (tertiary/aromatic N) is 1. The third-order valence-corrected chi connectivity index (χ3v) is 5.55. The lowest BCUT2D eigenvalue weighted by Crippen LogP contribution is -2.57. The summed E-state index contributed by atoms with van der Waals surface area (Å²) in [6.07, 6.45) is 10.9. The number of hydrogen-bond acceptors (Lipinski definition) is 5. The number of rotatable bonds is 13. The highest BCUT2D eigenvalue weighted by Crippen LogP contribution is 2.31. The second-order valence-electron chi connectivity index (χ2n) is 7.47. The van der Waals surface area contributed by atoms with Gasteiger partial charge in [0.15, 0.2) is 0 Å². The molecule has 1 saturated heterocycles. The van der Waals surface area contributed by atoms with Crippen LogP contribution in [-0.4, -0.2) is 58.3 Å². The average molecular weight is 378 g/mol. The first-order chi connectivity index (χ1) is 12.8. The molecule has 1 heterocycles. The molecule has 0 spiro atoms. The standard InChI is InChI=1S/C20H35BN2O4/c1-3-8-17(4-2)9-7-14-23-15-10-18(11-16-23)20(22,19(24)25)12-5-6-13-21(26)27/h3-4,8,18,26-27H,1-2,5-7,9-16,22H2,(H,24,25)/b17-8+. The van der Waals surface area contributed by atoms with Crippen molar-refractivity contribution in [2.24, 2.45) is 11.7 Å². The van der Waals surface area contributed by atoms with Crippen LogP contribution in [0.1, 0.15) is 44.9 Å². The fraction of sp³-hybridized carbons (Fsp3) is 0.650. The summed E-state index contributed by atoms with van der Waals surface area (Å²) >= 11 is 0. The van der Waals surface area contributed by atoms with E-state index in [0.29, 0.717) is 19.3 Å². The Labute approximate surface area is 163 Å². The van der Waals surface area contributed by atoms with Crippen molar-refractivity contribution in [3.63, 3.8) is 0 Å². The van der Waals surface area contributed by atoms with E-state index in [1.807, 2.05) is 12.2 Å². The molecule has 0 amide bonds. The molecule has 1 atom stereocenters. The second-order valence-corrected chi connectivity index (χ2v) is 7.47. The lowest BCUT2D eigenvalue weighted by atomic mass is 9.74. The smallest absolute Gasteiger partial charge is 0.451 e. The maximum Gasteiger partial charge on any atom is 0.451 e. The number of carboxylic acids is 1. The molecule has 152 valence electrons. The van der Waals surface area contributed by atoms with Gasteiger partial charge in [-0.1, -0.05) is 44.2 Å². The first kappa shape index (κ1) is 23.6. The molecule has 1 aliphatic rings. The molecular weight excluding hydrogens is 343 g/mol. The van der Waals surface area contributed by atoms with Crippen LogP contribution in [0.3, 0.4) is 0 Å². The lowest BCUT2D eigenvalue weighted by molar-refractivity contribution is -0.147. The summed E-state index contributed by atoms with van der Waals surface area (Å²) in [5, 5.41) is 27.5. The van der Waals surface area contributed by atoms with Crippen molar-refractivity contribution in [2.75, 3.05) is 19.6 Å². The van der Waals surface area contributed by atoms with Gasteiger partial charge in [-0.15, -0.1) is 0 Å². The molecule has 0 aromatic heterocycles. The van der Waals surface area contributed by atoms with Crippen molar-refractivity contribution < 1.29 is 19.9 Å². The van der Waals surface area contributed by atoms with E-state index in [1.54, 1.807) is 6.08 Å². The van der Waals surface area contributed by atoms with Gasteiger partial charge in [-0.25, -0.2) is 0 Å². The second kappa shape index (κ2) is 12.1. The Morgan fingerprint density at radius 2 is 1.89 bits per heavy atom. The summed E-state index contributed by atoms with van der Waals surface area (Å²) in [5.74, 6) is -0.995. The first-order valence-electron chi connectivity index (χ1n) is 9.88. The van der Waals surface area contributed by atoms with Crippen LogP contribution in [0.4, 0.5) is 0 Å². The lowest BCUT2D eigenvalue weighted by Gasteiger charge is -2.40. The zero-order valence-corrected chi connectivity index (χ0v) is 16.4. The van der Waals surface area contributed by atoms with Crippen LogP contribution < -0.4 is 5.73 Å². The minimum atomic E-state index is -1.34. The van der Waals surface area contributed by atoms with Crippen LogP contribution in [0, 0.1) is 5.92 Å². The number of unbranched alkanes of at least 4 members (excludes halogenated alkanes) is 1. The molecule has 1 fully saturated rings. The fourth-order valence-electron chi connectivity index (χ4n) is 3.81. The number of allylic oxidation sites excluding steroid dienone is 4. The van der Waals surface area contributed by atoms with Gasteiger partial charge in [0.2, 0.25) is 0 Å². The Balaban J connectivity index is 2.44. The van der Waals surface area contributed by atoms with Gasteiger partial charge >= 0.3 is 13.1 Å². The van der Waals surface area contributed by atoms with Crippen molar-refractivity contribution in [3.05, 3.63) is 37.0 Å². The predicted molar refractivity (Wildman–Crippen MR) is 110 cm³/mol. The number of aliphatic carboxylic acids is 1. The highest BCUT2D eigenvalue weighted by atomic mass is 16.4. The Hall–Kier alpha value is -1.41. The Bertz CT molecular complexity index is 516. The van der Waals surface area contributed by atoms with Crippen LogP contribution >= 0.6 is 0 Å². The van der Waals surface area contributed by atoms with Gasteiger partial charge in [-0.3, -0.25) is 4.79 Å². The van der Waals surface area contributed by atoms with Crippen molar-refractivity contribution in [2.45, 2.75) is 56.8 Å². The van der Waals surface area contributed by atoms with Gasteiger partial charge in [0.05, 0.1) is 0 Å². The summed E-state index contributed by atoms with van der Waals surface area (Å²) in [6, 6.07) is 0. The van der Waals surface area contributed by atoms with Gasteiger partial charge in [0, 0.05) is 0 Å². The van der Waals surface area contributed by atoms with Crippen LogP contribution in [0.2, 0.25) is 6.32 Å². The van der Waals surface area contributed by atoms with Gasteiger partial charge in [-0.2, -0.15) is 0 Å². The van der Waals surface area contributed by atoms with Crippen LogP contribution in [-0.2, 0) is 4.79 Å². The summed E-state index contributed by atoms with van der Waals surface area (Å²) in [6.45, 7) is 10.2. The van der Waals surface area contributed by atoms with Crippen molar-refractivity contribution in [3.8, 4) is 0 Å². The fourth-order valence-corrected chi connectivity index (χ4v) is 3.81.